The average molecular weight is 225 g/mol. The van der Waals surface area contributed by atoms with Crippen molar-refractivity contribution in [2.75, 3.05) is 20.1 Å². The maximum absolute atomic E-state index is 9.14. The van der Waals surface area contributed by atoms with Gasteiger partial charge in [0.05, 0.1) is 6.07 Å². The van der Waals surface area contributed by atoms with E-state index in [1.54, 1.807) is 0 Å². The molecule has 2 atom stereocenters. The molecule has 0 aliphatic heterocycles. The molecule has 0 spiro atoms. The van der Waals surface area contributed by atoms with Gasteiger partial charge < -0.3 is 10.2 Å². The lowest BCUT2D eigenvalue weighted by molar-refractivity contribution is 0.178. The SMILES string of the molecule is CCCN(CCC)C(C)CC(C)(C#N)NC. The lowest BCUT2D eigenvalue weighted by Crippen LogP contribution is -2.46. The minimum absolute atomic E-state index is 0.404. The van der Waals surface area contributed by atoms with Gasteiger partial charge in [-0.15, -0.1) is 0 Å². The molecule has 0 fully saturated rings. The van der Waals surface area contributed by atoms with E-state index in [1.165, 1.54) is 12.8 Å². The molecule has 0 aromatic carbocycles. The van der Waals surface area contributed by atoms with Gasteiger partial charge in [0.25, 0.3) is 0 Å². The molecule has 0 saturated carbocycles. The number of hydrogen-bond acceptors (Lipinski definition) is 3. The summed E-state index contributed by atoms with van der Waals surface area (Å²) < 4.78 is 0. The minimum atomic E-state index is -0.404. The molecule has 0 saturated heterocycles. The molecule has 0 aliphatic rings. The molecule has 94 valence electrons. The summed E-state index contributed by atoms with van der Waals surface area (Å²) in [7, 11) is 1.86. The van der Waals surface area contributed by atoms with Crippen molar-refractivity contribution in [2.45, 2.75) is 58.5 Å². The average Bonchev–Trinajstić information content (AvgIpc) is 2.28. The molecule has 0 bridgehead atoms. The van der Waals surface area contributed by atoms with E-state index in [2.05, 4.69) is 37.1 Å². The highest BCUT2D eigenvalue weighted by Gasteiger charge is 2.26. The highest BCUT2D eigenvalue weighted by atomic mass is 15.1. The first-order chi connectivity index (χ1) is 7.52. The standard InChI is InChI=1S/C13H27N3/c1-6-8-16(9-7-2)12(3)10-13(4,11-14)15-5/h12,15H,6-10H2,1-5H3. The van der Waals surface area contributed by atoms with Crippen molar-refractivity contribution in [1.29, 1.82) is 5.26 Å². The number of nitrogens with zero attached hydrogens (tertiary/aromatic N) is 2. The van der Waals surface area contributed by atoms with Crippen molar-refractivity contribution in [3.8, 4) is 6.07 Å². The van der Waals surface area contributed by atoms with Crippen LogP contribution < -0.4 is 5.32 Å². The summed E-state index contributed by atoms with van der Waals surface area (Å²) in [6.45, 7) is 10.9. The predicted molar refractivity (Wildman–Crippen MR) is 69.3 cm³/mol. The van der Waals surface area contributed by atoms with Gasteiger partial charge in [0.1, 0.15) is 5.54 Å². The van der Waals surface area contributed by atoms with E-state index in [-0.39, 0.29) is 0 Å². The highest BCUT2D eigenvalue weighted by Crippen LogP contribution is 2.15. The topological polar surface area (TPSA) is 39.1 Å². The largest absolute Gasteiger partial charge is 0.303 e. The third-order valence-electron chi connectivity index (χ3n) is 3.15. The lowest BCUT2D eigenvalue weighted by atomic mass is 9.94. The first-order valence-corrected chi connectivity index (χ1v) is 6.37. The number of nitrogens with one attached hydrogen (secondary N) is 1. The molecular weight excluding hydrogens is 198 g/mol. The fraction of sp³-hybridized carbons (Fsp3) is 0.923. The Balaban J connectivity index is 4.39. The van der Waals surface area contributed by atoms with Crippen LogP contribution in [0.2, 0.25) is 0 Å². The Morgan fingerprint density at radius 1 is 1.31 bits per heavy atom. The summed E-state index contributed by atoms with van der Waals surface area (Å²) in [5, 5.41) is 12.3. The molecular formula is C13H27N3. The van der Waals surface area contributed by atoms with Crippen LogP contribution in [0, 0.1) is 11.3 Å². The van der Waals surface area contributed by atoms with Crippen molar-refractivity contribution in [1.82, 2.24) is 10.2 Å². The second kappa shape index (κ2) is 7.65. The minimum Gasteiger partial charge on any atom is -0.303 e. The van der Waals surface area contributed by atoms with Crippen molar-refractivity contribution >= 4 is 0 Å². The van der Waals surface area contributed by atoms with Gasteiger partial charge in [-0.1, -0.05) is 13.8 Å². The van der Waals surface area contributed by atoms with E-state index < -0.39 is 5.54 Å². The van der Waals surface area contributed by atoms with Gasteiger partial charge in [-0.2, -0.15) is 5.26 Å². The Labute approximate surface area is 101 Å². The van der Waals surface area contributed by atoms with Crippen LogP contribution in [-0.2, 0) is 0 Å². The molecule has 0 amide bonds. The van der Waals surface area contributed by atoms with Crippen LogP contribution in [0.1, 0.15) is 47.0 Å². The molecule has 2 unspecified atom stereocenters. The molecule has 0 radical (unpaired) electrons. The number of rotatable bonds is 8. The second-order valence-corrected chi connectivity index (χ2v) is 4.78. The van der Waals surface area contributed by atoms with E-state index in [0.29, 0.717) is 6.04 Å². The molecule has 0 aromatic heterocycles. The van der Waals surface area contributed by atoms with Gasteiger partial charge in [0.2, 0.25) is 0 Å². The Bertz CT molecular complexity index is 216. The first kappa shape index (κ1) is 15.4. The van der Waals surface area contributed by atoms with Gasteiger partial charge in [0, 0.05) is 6.04 Å². The highest BCUT2D eigenvalue weighted by molar-refractivity contribution is 5.04. The van der Waals surface area contributed by atoms with Crippen molar-refractivity contribution in [3.63, 3.8) is 0 Å². The summed E-state index contributed by atoms with van der Waals surface area (Å²) in [6.07, 6.45) is 3.22. The zero-order valence-electron chi connectivity index (χ0n) is 11.5. The van der Waals surface area contributed by atoms with Crippen LogP contribution in [0.3, 0.4) is 0 Å². The Kier molecular flexibility index (Phi) is 7.36. The summed E-state index contributed by atoms with van der Waals surface area (Å²) in [5.74, 6) is 0. The summed E-state index contributed by atoms with van der Waals surface area (Å²) in [4.78, 5) is 2.48. The normalized spacial score (nSPS) is 16.8. The van der Waals surface area contributed by atoms with Crippen LogP contribution in [0.15, 0.2) is 0 Å². The van der Waals surface area contributed by atoms with Gasteiger partial charge in [-0.3, -0.25) is 0 Å². The van der Waals surface area contributed by atoms with Gasteiger partial charge >= 0.3 is 0 Å². The maximum Gasteiger partial charge on any atom is 0.105 e. The molecule has 0 heterocycles. The van der Waals surface area contributed by atoms with Crippen molar-refractivity contribution in [2.24, 2.45) is 0 Å². The van der Waals surface area contributed by atoms with E-state index >= 15 is 0 Å². The number of hydrogen-bond donors (Lipinski definition) is 1. The van der Waals surface area contributed by atoms with Crippen LogP contribution >= 0.6 is 0 Å². The summed E-state index contributed by atoms with van der Waals surface area (Å²) in [5.41, 5.74) is -0.404. The van der Waals surface area contributed by atoms with Crippen molar-refractivity contribution in [3.05, 3.63) is 0 Å². The Morgan fingerprint density at radius 3 is 2.12 bits per heavy atom. The third-order valence-corrected chi connectivity index (χ3v) is 3.15. The second-order valence-electron chi connectivity index (χ2n) is 4.78. The molecule has 3 nitrogen and oxygen atoms in total. The van der Waals surface area contributed by atoms with Crippen LogP contribution in [0.25, 0.3) is 0 Å². The van der Waals surface area contributed by atoms with Gasteiger partial charge in [0.15, 0.2) is 0 Å². The van der Waals surface area contributed by atoms with E-state index in [4.69, 9.17) is 5.26 Å². The van der Waals surface area contributed by atoms with E-state index in [1.807, 2.05) is 14.0 Å². The van der Waals surface area contributed by atoms with Crippen LogP contribution in [0.4, 0.5) is 0 Å². The predicted octanol–water partition coefficient (Wildman–Crippen LogP) is 2.39. The molecule has 0 aliphatic carbocycles. The summed E-state index contributed by atoms with van der Waals surface area (Å²) >= 11 is 0. The van der Waals surface area contributed by atoms with Gasteiger partial charge in [-0.25, -0.2) is 0 Å². The Hall–Kier alpha value is -0.590. The molecule has 0 rings (SSSR count). The van der Waals surface area contributed by atoms with Crippen molar-refractivity contribution < 1.29 is 0 Å². The first-order valence-electron chi connectivity index (χ1n) is 6.37. The quantitative estimate of drug-likeness (QED) is 0.689. The van der Waals surface area contributed by atoms with Crippen LogP contribution in [0.5, 0.6) is 0 Å². The third kappa shape index (κ3) is 4.96. The molecule has 3 heteroatoms. The smallest absolute Gasteiger partial charge is 0.105 e. The summed E-state index contributed by atoms with van der Waals surface area (Å²) in [6, 6.07) is 2.82. The fourth-order valence-corrected chi connectivity index (χ4v) is 2.05. The maximum atomic E-state index is 9.14. The van der Waals surface area contributed by atoms with Gasteiger partial charge in [-0.05, 0) is 53.2 Å². The van der Waals surface area contributed by atoms with E-state index in [9.17, 15) is 0 Å². The van der Waals surface area contributed by atoms with E-state index in [0.717, 1.165) is 19.5 Å². The van der Waals surface area contributed by atoms with Crippen LogP contribution in [-0.4, -0.2) is 36.6 Å². The number of nitriles is 1. The molecule has 16 heavy (non-hydrogen) atoms. The fourth-order valence-electron chi connectivity index (χ4n) is 2.05. The zero-order valence-corrected chi connectivity index (χ0v) is 11.5. The molecule has 0 aromatic rings. The Morgan fingerprint density at radius 2 is 1.81 bits per heavy atom. The molecule has 1 N–H and O–H groups in total. The zero-order chi connectivity index (χ0) is 12.6. The monoisotopic (exact) mass is 225 g/mol. The lowest BCUT2D eigenvalue weighted by Gasteiger charge is -2.33.